The molecule has 0 radical (unpaired) electrons. The highest BCUT2D eigenvalue weighted by Crippen LogP contribution is 2.45. The molecule has 1 nitrogen and oxygen atoms in total. The molecule has 1 heteroatoms. The van der Waals surface area contributed by atoms with E-state index in [1.54, 1.807) is 0 Å². The Morgan fingerprint density at radius 2 is 0.788 bits per heavy atom. The number of benzene rings is 16. The minimum absolute atomic E-state index is 0.111. The molecule has 1 aromatic heterocycles. The highest BCUT2D eigenvalue weighted by molar-refractivity contribution is 6.19. The highest BCUT2D eigenvalue weighted by atomic mass is 16.3. The van der Waals surface area contributed by atoms with Gasteiger partial charge in [-0.25, -0.2) is 0 Å². The summed E-state index contributed by atoms with van der Waals surface area (Å²) in [5.74, 6) is 0. The Bertz CT molecular complexity index is 7350. The smallest absolute Gasteiger partial charge is 0.143 e. The van der Waals surface area contributed by atoms with E-state index >= 15 is 0 Å². The molecule has 17 rings (SSSR count). The van der Waals surface area contributed by atoms with Crippen LogP contribution in [0.25, 0.3) is 142 Å². The molecule has 0 fully saturated rings. The van der Waals surface area contributed by atoms with Crippen LogP contribution in [0.3, 0.4) is 0 Å². The molecule has 1 heterocycles. The van der Waals surface area contributed by atoms with Gasteiger partial charge in [-0.3, -0.25) is 0 Å². The van der Waals surface area contributed by atoms with Crippen LogP contribution in [0.1, 0.15) is 68.9 Å². The van der Waals surface area contributed by atoms with Gasteiger partial charge in [0.05, 0.1) is 46.6 Å². The number of hydrogen-bond donors (Lipinski definition) is 0. The first-order valence-corrected chi connectivity index (χ1v) is 26.8. The first-order valence-electron chi connectivity index (χ1n) is 43.8. The highest BCUT2D eigenvalue weighted by Gasteiger charge is 2.21. The number of rotatable bonds is 8. The van der Waals surface area contributed by atoms with Gasteiger partial charge < -0.3 is 4.42 Å². The van der Waals surface area contributed by atoms with E-state index in [1.165, 1.54) is 0 Å². The fourth-order valence-electron chi connectivity index (χ4n) is 11.4. The van der Waals surface area contributed by atoms with Crippen molar-refractivity contribution < 1.29 is 51.0 Å². The van der Waals surface area contributed by atoms with Gasteiger partial charge in [0.25, 0.3) is 0 Å². The molecular weight excluding hydrogens is 1020 g/mol. The Morgan fingerprint density at radius 1 is 0.271 bits per heavy atom. The summed E-state index contributed by atoms with van der Waals surface area (Å²) in [6.45, 7) is 0. The average Bonchev–Trinajstić information content (AvgIpc) is 0.949. The lowest BCUT2D eigenvalue weighted by Gasteiger charge is -2.18. The topological polar surface area (TPSA) is 13.1 Å². The minimum Gasteiger partial charge on any atom is -0.455 e. The summed E-state index contributed by atoms with van der Waals surface area (Å²) in [4.78, 5) is 0. The number of fused-ring (bicyclic) bond motifs is 11. The molecule has 0 aliphatic carbocycles. The first-order chi connectivity index (χ1) is 56.3. The van der Waals surface area contributed by atoms with Gasteiger partial charge in [-0.2, -0.15) is 0 Å². The second-order valence-electron chi connectivity index (χ2n) is 19.9. The van der Waals surface area contributed by atoms with E-state index in [-0.39, 0.29) is 52.1 Å². The molecule has 17 aromatic rings. The Hall–Kier alpha value is -10.9. The first kappa shape index (κ1) is 26.2. The van der Waals surface area contributed by atoms with Crippen molar-refractivity contribution in [1.29, 1.82) is 0 Å². The van der Waals surface area contributed by atoms with Gasteiger partial charge in [-0.1, -0.05) is 284 Å². The Labute approximate surface area is 541 Å². The SMILES string of the molecule is [2H]c1c([2H])c(-c2c([2H])c([2H])c3c([2H])c([2H])c([2H])c([2H])c3c2[2H])c([2H])c(-c2c3c([2H])c([2H])c([2H])c([2H])c3c(Cc3c([2H])c([2H])c([2H])c4c([2H])c([2H])c([2H])c([2H])c34)c3c([2H])c([2H])c([2H])c([2H])c23)c1[2H].[2H]c1c([2H])c([2H])c2c(-c3cccc(-c4ccccc4)c3)c3c([2H])c([2H])c([2H])c([2H])c3c(Cc3cccc4oc5c6ccccc6ccc5c34)c2c1[2H]. The number of furan rings is 1. The molecule has 0 saturated heterocycles. The van der Waals surface area contributed by atoms with Crippen molar-refractivity contribution in [1.82, 2.24) is 0 Å². The largest absolute Gasteiger partial charge is 0.455 e. The molecule has 0 saturated carbocycles. The quantitative estimate of drug-likeness (QED) is 0.138. The van der Waals surface area contributed by atoms with Gasteiger partial charge in [0, 0.05) is 16.2 Å². The molecule has 0 aliphatic heterocycles. The van der Waals surface area contributed by atoms with E-state index in [2.05, 4.69) is 0 Å². The maximum absolute atomic E-state index is 9.69. The van der Waals surface area contributed by atoms with Crippen molar-refractivity contribution in [2.75, 3.05) is 0 Å². The Morgan fingerprint density at radius 3 is 1.49 bits per heavy atom. The summed E-state index contributed by atoms with van der Waals surface area (Å²) < 4.78 is 309. The van der Waals surface area contributed by atoms with Crippen LogP contribution in [0.15, 0.2) is 319 Å². The van der Waals surface area contributed by atoms with Gasteiger partial charge in [0.2, 0.25) is 0 Å². The maximum Gasteiger partial charge on any atom is 0.143 e. The molecule has 0 unspecified atom stereocenters. The summed E-state index contributed by atoms with van der Waals surface area (Å²) in [7, 11) is 0. The zero-order chi connectivity index (χ0) is 85.8. The number of hydrogen-bond acceptors (Lipinski definition) is 1. The van der Waals surface area contributed by atoms with Crippen molar-refractivity contribution in [2.24, 2.45) is 0 Å². The Balaban J connectivity index is 0.000000183. The van der Waals surface area contributed by atoms with E-state index in [1.807, 2.05) is 109 Å². The van der Waals surface area contributed by atoms with Gasteiger partial charge in [-0.05, 0) is 180 Å². The predicted octanol–water partition coefficient (Wildman–Crippen LogP) is 23.2. The lowest BCUT2D eigenvalue weighted by atomic mass is 9.85. The standard InChI is InChI=1S/C43H28O.C41H28/c1-2-12-28(13-3-1)30-15-10-16-31(26-30)41-36-21-8-6-19-34(36)39(35-20-7-9-22-37(35)41)27-32-17-11-23-40-42(32)38-25-24-29-14-4-5-18-33(29)43(38)44-40;1-2-13-30-25-32(24-23-28(30)11-1)31-15-10-17-34(26-31)41-38-21-7-5-19-36(38)40(37-20-6-8-22-39(37)41)27-33-16-9-14-29-12-3-4-18-35(29)33/h1-26H,27H2;1-26H,27H2/i6D,7D,8D,9D,19D,20D,21D,22D;1D,2D,3D,4D,5D,6D,7D,8D,9D,10D,11D,12D,13D,14D,15D,16D,17D,18D,19D,20D,21D,22D,23D,24D,25D,26D. The molecule has 16 aromatic carbocycles. The predicted molar refractivity (Wildman–Crippen MR) is 363 cm³/mol. The molecule has 0 aliphatic rings. The van der Waals surface area contributed by atoms with Crippen LogP contribution in [0.4, 0.5) is 0 Å². The van der Waals surface area contributed by atoms with Crippen LogP contribution in [0.5, 0.6) is 0 Å². The van der Waals surface area contributed by atoms with E-state index < -0.39 is 264 Å². The van der Waals surface area contributed by atoms with Gasteiger partial charge in [-0.15, -0.1) is 0 Å². The van der Waals surface area contributed by atoms with Crippen LogP contribution < -0.4 is 0 Å². The second kappa shape index (κ2) is 21.2. The second-order valence-corrected chi connectivity index (χ2v) is 19.9. The Kier molecular flexibility index (Phi) is 6.51. The molecule has 0 bridgehead atoms. The monoisotopic (exact) mass is 1110 g/mol. The lowest BCUT2D eigenvalue weighted by molar-refractivity contribution is 0.672. The molecule has 0 spiro atoms. The fourth-order valence-corrected chi connectivity index (χ4v) is 11.4. The zero-order valence-corrected chi connectivity index (χ0v) is 44.2. The summed E-state index contributed by atoms with van der Waals surface area (Å²) in [5, 5.41) is 0.112. The van der Waals surface area contributed by atoms with E-state index in [0.29, 0.717) is 22.3 Å². The molecule has 0 atom stereocenters. The minimum atomic E-state index is -1.04. The molecule has 0 N–H and O–H groups in total. The van der Waals surface area contributed by atoms with Gasteiger partial charge >= 0.3 is 0 Å². The summed E-state index contributed by atoms with van der Waals surface area (Å²) in [5.41, 5.74) is 1.37. The third-order valence-corrected chi connectivity index (χ3v) is 15.2. The van der Waals surface area contributed by atoms with Crippen LogP contribution in [-0.4, -0.2) is 0 Å². The van der Waals surface area contributed by atoms with Crippen LogP contribution >= 0.6 is 0 Å². The van der Waals surface area contributed by atoms with Crippen molar-refractivity contribution in [2.45, 2.75) is 12.8 Å². The molecule has 398 valence electrons. The lowest BCUT2D eigenvalue weighted by Crippen LogP contribution is -1.96. The zero-order valence-electron chi connectivity index (χ0n) is 78.2. The van der Waals surface area contributed by atoms with Crippen molar-refractivity contribution in [3.05, 3.63) is 337 Å². The maximum atomic E-state index is 9.69. The summed E-state index contributed by atoms with van der Waals surface area (Å²) >= 11 is 0. The van der Waals surface area contributed by atoms with Crippen molar-refractivity contribution in [3.63, 3.8) is 0 Å². The molecular formula is C84H56O. The van der Waals surface area contributed by atoms with Crippen LogP contribution in [-0.2, 0) is 12.8 Å². The van der Waals surface area contributed by atoms with Gasteiger partial charge in [0.15, 0.2) is 0 Å². The van der Waals surface area contributed by atoms with E-state index in [9.17, 15) is 15.1 Å². The van der Waals surface area contributed by atoms with E-state index in [4.69, 9.17) is 35.9 Å². The summed E-state index contributed by atoms with van der Waals surface area (Å²) in [6, 6.07) is 9.62. The van der Waals surface area contributed by atoms with E-state index in [0.717, 1.165) is 43.8 Å². The van der Waals surface area contributed by atoms with Crippen molar-refractivity contribution >= 4 is 97.3 Å². The molecule has 0 amide bonds. The van der Waals surface area contributed by atoms with Gasteiger partial charge in [0.1, 0.15) is 11.2 Å². The summed E-state index contributed by atoms with van der Waals surface area (Å²) in [6.07, 6.45) is -0.733. The third-order valence-electron chi connectivity index (χ3n) is 15.2. The normalized spacial score (nSPS) is 17.2. The fraction of sp³-hybridized carbons (Fsp3) is 0.0238. The third kappa shape index (κ3) is 8.88. The van der Waals surface area contributed by atoms with Crippen LogP contribution in [0.2, 0.25) is 0 Å². The van der Waals surface area contributed by atoms with Crippen LogP contribution in [0, 0.1) is 0 Å². The van der Waals surface area contributed by atoms with Crippen molar-refractivity contribution in [3.8, 4) is 44.5 Å². The average molecular weight is 1120 g/mol. The molecule has 85 heavy (non-hydrogen) atoms.